The van der Waals surface area contributed by atoms with E-state index in [0.29, 0.717) is 17.4 Å². The van der Waals surface area contributed by atoms with Crippen LogP contribution in [0.2, 0.25) is 0 Å². The largest absolute Gasteiger partial charge is 0.454 e. The van der Waals surface area contributed by atoms with Gasteiger partial charge >= 0.3 is 0 Å². The van der Waals surface area contributed by atoms with Gasteiger partial charge < -0.3 is 15.9 Å². The summed E-state index contributed by atoms with van der Waals surface area (Å²) in [6.07, 6.45) is 12.0. The van der Waals surface area contributed by atoms with E-state index >= 15 is 0 Å². The fourth-order valence-corrected chi connectivity index (χ4v) is 1.92. The topological polar surface area (TPSA) is 76.7 Å². The molecule has 1 rings (SSSR count). The zero-order valence-electron chi connectivity index (χ0n) is 15.9. The molecular formula is C21H23F2N3O2. The molecule has 1 aromatic carbocycles. The standard InChI is InChI=1S/C21H23F2N3O2/c1-4-5-10-17(28-19-13-8-12-18(22)20(19)23)11-7-6-9-16(14-27)15(2)21(24)26-25-3/h4-14,25H,1-3H3,(H2,24,26)/b5-4+,9-6-,11-7-,16-15-,17-10+. The van der Waals surface area contributed by atoms with Gasteiger partial charge in [0.1, 0.15) is 17.9 Å². The van der Waals surface area contributed by atoms with Crippen molar-refractivity contribution in [2.75, 3.05) is 7.05 Å². The van der Waals surface area contributed by atoms with Gasteiger partial charge in [-0.1, -0.05) is 36.4 Å². The van der Waals surface area contributed by atoms with Crippen LogP contribution in [0.4, 0.5) is 8.78 Å². The Balaban J connectivity index is 3.04. The number of carbonyl (C=O) groups is 1. The lowest BCUT2D eigenvalue weighted by atomic mass is 10.1. The molecule has 7 heteroatoms. The third-order valence-electron chi connectivity index (χ3n) is 3.42. The van der Waals surface area contributed by atoms with Gasteiger partial charge in [-0.05, 0) is 38.1 Å². The molecule has 0 aliphatic heterocycles. The van der Waals surface area contributed by atoms with E-state index in [1.807, 2.05) is 6.92 Å². The van der Waals surface area contributed by atoms with Gasteiger partial charge in [-0.3, -0.25) is 4.79 Å². The number of hydrazone groups is 1. The van der Waals surface area contributed by atoms with Gasteiger partial charge in [-0.2, -0.15) is 9.49 Å². The van der Waals surface area contributed by atoms with Crippen molar-refractivity contribution in [2.24, 2.45) is 10.8 Å². The molecule has 0 radical (unpaired) electrons. The Morgan fingerprint density at radius 2 is 1.93 bits per heavy atom. The molecule has 3 N–H and O–H groups in total. The van der Waals surface area contributed by atoms with Gasteiger partial charge in [0, 0.05) is 18.2 Å². The lowest BCUT2D eigenvalue weighted by molar-refractivity contribution is -0.104. The normalized spacial score (nSPS) is 14.0. The number of rotatable bonds is 9. The number of nitrogens with zero attached hydrogens (tertiary/aromatic N) is 1. The molecule has 1 aromatic rings. The highest BCUT2D eigenvalue weighted by atomic mass is 19.2. The van der Waals surface area contributed by atoms with Gasteiger partial charge in [0.05, 0.1) is 0 Å². The number of aldehydes is 1. The van der Waals surface area contributed by atoms with E-state index in [2.05, 4.69) is 10.5 Å². The van der Waals surface area contributed by atoms with Crippen LogP contribution in [-0.2, 0) is 4.79 Å². The predicted molar refractivity (Wildman–Crippen MR) is 108 cm³/mol. The number of amidine groups is 1. The van der Waals surface area contributed by atoms with Gasteiger partial charge in [0.15, 0.2) is 11.6 Å². The molecule has 0 saturated carbocycles. The quantitative estimate of drug-likeness (QED) is 0.128. The first-order valence-corrected chi connectivity index (χ1v) is 8.40. The summed E-state index contributed by atoms with van der Waals surface area (Å²) in [4.78, 5) is 11.2. The Labute approximate surface area is 163 Å². The summed E-state index contributed by atoms with van der Waals surface area (Å²) in [7, 11) is 1.60. The molecule has 0 heterocycles. The highest BCUT2D eigenvalue weighted by Crippen LogP contribution is 2.21. The van der Waals surface area contributed by atoms with Crippen molar-refractivity contribution in [3.63, 3.8) is 0 Å². The Kier molecular flexibility index (Phi) is 9.67. The highest BCUT2D eigenvalue weighted by Gasteiger charge is 2.09. The zero-order valence-corrected chi connectivity index (χ0v) is 15.9. The second-order valence-electron chi connectivity index (χ2n) is 5.39. The molecule has 0 fully saturated rings. The number of nitrogens with two attached hydrogens (primary N) is 1. The number of ether oxygens (including phenoxy) is 1. The molecule has 0 aliphatic rings. The maximum atomic E-state index is 13.8. The number of hydrogen-bond acceptors (Lipinski definition) is 4. The molecule has 28 heavy (non-hydrogen) atoms. The summed E-state index contributed by atoms with van der Waals surface area (Å²) in [5, 5.41) is 3.82. The van der Waals surface area contributed by atoms with Crippen LogP contribution < -0.4 is 15.9 Å². The van der Waals surface area contributed by atoms with E-state index in [-0.39, 0.29) is 17.3 Å². The first kappa shape index (κ1) is 22.6. The first-order valence-electron chi connectivity index (χ1n) is 8.40. The van der Waals surface area contributed by atoms with Crippen molar-refractivity contribution in [3.05, 3.63) is 89.3 Å². The van der Waals surface area contributed by atoms with Crippen LogP contribution in [0.15, 0.2) is 82.7 Å². The molecule has 0 aliphatic carbocycles. The van der Waals surface area contributed by atoms with Crippen molar-refractivity contribution in [3.8, 4) is 5.75 Å². The Bertz CT molecular complexity index is 866. The van der Waals surface area contributed by atoms with Gasteiger partial charge in [0.2, 0.25) is 5.82 Å². The summed E-state index contributed by atoms with van der Waals surface area (Å²) in [5.41, 5.74) is 9.14. The van der Waals surface area contributed by atoms with Gasteiger partial charge in [0.25, 0.3) is 0 Å². The van der Waals surface area contributed by atoms with E-state index in [9.17, 15) is 13.6 Å². The lowest BCUT2D eigenvalue weighted by Crippen LogP contribution is -2.18. The average molecular weight is 387 g/mol. The molecule has 0 atom stereocenters. The van der Waals surface area contributed by atoms with E-state index in [1.165, 1.54) is 12.1 Å². The fraction of sp³-hybridized carbons (Fsp3) is 0.143. The van der Waals surface area contributed by atoms with Crippen molar-refractivity contribution in [1.29, 1.82) is 0 Å². The molecule has 0 unspecified atom stereocenters. The molecule has 0 saturated heterocycles. The maximum absolute atomic E-state index is 13.8. The Morgan fingerprint density at radius 1 is 1.21 bits per heavy atom. The van der Waals surface area contributed by atoms with Crippen LogP contribution in [0.3, 0.4) is 0 Å². The molecule has 0 spiro atoms. The summed E-state index contributed by atoms with van der Waals surface area (Å²) >= 11 is 0. The first-order chi connectivity index (χ1) is 13.4. The molecule has 0 bridgehead atoms. The smallest absolute Gasteiger partial charge is 0.201 e. The maximum Gasteiger partial charge on any atom is 0.201 e. The minimum atomic E-state index is -1.07. The average Bonchev–Trinajstić information content (AvgIpc) is 2.69. The van der Waals surface area contributed by atoms with E-state index in [0.717, 1.165) is 6.07 Å². The van der Waals surface area contributed by atoms with Crippen LogP contribution in [0.5, 0.6) is 5.75 Å². The fourth-order valence-electron chi connectivity index (χ4n) is 1.92. The lowest BCUT2D eigenvalue weighted by Gasteiger charge is -2.07. The number of carbonyl (C=O) groups excluding carboxylic acids is 1. The molecule has 0 amide bonds. The van der Waals surface area contributed by atoms with Crippen molar-refractivity contribution < 1.29 is 18.3 Å². The predicted octanol–water partition coefficient (Wildman–Crippen LogP) is 3.92. The van der Waals surface area contributed by atoms with Crippen molar-refractivity contribution in [2.45, 2.75) is 13.8 Å². The van der Waals surface area contributed by atoms with E-state index in [1.54, 1.807) is 56.5 Å². The van der Waals surface area contributed by atoms with Crippen molar-refractivity contribution >= 4 is 12.1 Å². The Morgan fingerprint density at radius 3 is 2.57 bits per heavy atom. The number of halogens is 2. The number of nitrogens with one attached hydrogen (secondary N) is 1. The van der Waals surface area contributed by atoms with Crippen LogP contribution in [-0.4, -0.2) is 19.2 Å². The van der Waals surface area contributed by atoms with Crippen LogP contribution >= 0.6 is 0 Å². The monoisotopic (exact) mass is 387 g/mol. The second kappa shape index (κ2) is 12.0. The summed E-state index contributed by atoms with van der Waals surface area (Å²) in [6, 6.07) is 3.69. The zero-order chi connectivity index (χ0) is 20.9. The number of hydrogen-bond donors (Lipinski definition) is 2. The molecule has 148 valence electrons. The molecule has 0 aromatic heterocycles. The summed E-state index contributed by atoms with van der Waals surface area (Å²) in [5.74, 6) is -1.83. The van der Waals surface area contributed by atoms with E-state index < -0.39 is 11.6 Å². The molecule has 5 nitrogen and oxygen atoms in total. The van der Waals surface area contributed by atoms with Crippen LogP contribution in [0, 0.1) is 11.6 Å². The van der Waals surface area contributed by atoms with Crippen LogP contribution in [0.25, 0.3) is 0 Å². The third kappa shape index (κ3) is 7.03. The minimum absolute atomic E-state index is 0.191. The summed E-state index contributed by atoms with van der Waals surface area (Å²) < 4.78 is 32.6. The van der Waals surface area contributed by atoms with Gasteiger partial charge in [-0.25, -0.2) is 4.39 Å². The molecular weight excluding hydrogens is 364 g/mol. The highest BCUT2D eigenvalue weighted by molar-refractivity contribution is 6.02. The Hall–Kier alpha value is -3.48. The number of allylic oxidation sites excluding steroid dienone is 8. The SMILES string of the molecule is C/C=C/C=C(\C=C/C=C\C(C=O)=C(/C)C(N)=NNC)Oc1cccc(F)c1F. The minimum Gasteiger partial charge on any atom is -0.454 e. The van der Waals surface area contributed by atoms with Crippen molar-refractivity contribution in [1.82, 2.24) is 5.43 Å². The van der Waals surface area contributed by atoms with E-state index in [4.69, 9.17) is 10.5 Å². The summed E-state index contributed by atoms with van der Waals surface area (Å²) in [6.45, 7) is 3.47. The third-order valence-corrected chi connectivity index (χ3v) is 3.42. The number of benzene rings is 1. The second-order valence-corrected chi connectivity index (χ2v) is 5.39. The van der Waals surface area contributed by atoms with Gasteiger partial charge in [-0.15, -0.1) is 0 Å². The van der Waals surface area contributed by atoms with Crippen LogP contribution in [0.1, 0.15) is 13.8 Å².